The summed E-state index contributed by atoms with van der Waals surface area (Å²) in [7, 11) is 0. The number of thiophene rings is 1. The molecule has 1 nitrogen and oxygen atoms in total. The lowest BCUT2D eigenvalue weighted by Crippen LogP contribution is -2.16. The predicted molar refractivity (Wildman–Crippen MR) is 119 cm³/mol. The molecule has 0 aliphatic heterocycles. The number of rotatable bonds is 9. The molecule has 2 unspecified atom stereocenters. The maximum absolute atomic E-state index is 6.03. The molecule has 0 N–H and O–H groups in total. The highest BCUT2D eigenvalue weighted by Crippen LogP contribution is 2.37. The highest BCUT2D eigenvalue weighted by atomic mass is 32.1. The third kappa shape index (κ3) is 5.45. The molecule has 2 atom stereocenters. The molecule has 2 aliphatic carbocycles. The number of hydrogen-bond donors (Lipinski definition) is 0. The maximum Gasteiger partial charge on any atom is 0.0547 e. The summed E-state index contributed by atoms with van der Waals surface area (Å²) in [5, 5.41) is 0. The molecule has 1 aromatic rings. The highest BCUT2D eigenvalue weighted by molar-refractivity contribution is 7.13. The monoisotopic (exact) mass is 384 g/mol. The topological polar surface area (TPSA) is 9.23 Å². The lowest BCUT2D eigenvalue weighted by Gasteiger charge is -2.24. The molecule has 0 radical (unpaired) electrons. The smallest absolute Gasteiger partial charge is 0.0547 e. The summed E-state index contributed by atoms with van der Waals surface area (Å²) in [6, 6.07) is 2.45. The first-order valence-corrected chi connectivity index (χ1v) is 11.8. The van der Waals surface area contributed by atoms with Gasteiger partial charge in [0, 0.05) is 15.7 Å². The van der Waals surface area contributed by atoms with Crippen LogP contribution in [0.15, 0.2) is 34.9 Å². The fraction of sp³-hybridized carbons (Fsp3) is 0.600. The Morgan fingerprint density at radius 3 is 2.52 bits per heavy atom. The molecule has 2 heteroatoms. The van der Waals surface area contributed by atoms with Crippen LogP contribution in [0.4, 0.5) is 0 Å². The van der Waals surface area contributed by atoms with Gasteiger partial charge in [0.1, 0.15) is 0 Å². The van der Waals surface area contributed by atoms with Gasteiger partial charge in [-0.05, 0) is 74.3 Å². The third-order valence-corrected chi connectivity index (χ3v) is 7.10. The van der Waals surface area contributed by atoms with Gasteiger partial charge in [-0.2, -0.15) is 0 Å². The maximum atomic E-state index is 6.03. The zero-order valence-corrected chi connectivity index (χ0v) is 18.5. The first kappa shape index (κ1) is 20.6. The Morgan fingerprint density at radius 2 is 1.81 bits per heavy atom. The zero-order chi connectivity index (χ0) is 19.2. The van der Waals surface area contributed by atoms with Gasteiger partial charge < -0.3 is 4.74 Å². The summed E-state index contributed by atoms with van der Waals surface area (Å²) in [5.74, 6) is 0.531. The first-order chi connectivity index (χ1) is 13.1. The normalized spacial score (nSPS) is 19.0. The van der Waals surface area contributed by atoms with E-state index in [1.165, 1.54) is 49.8 Å². The second-order valence-corrected chi connectivity index (χ2v) is 9.46. The molecule has 3 rings (SSSR count). The molecule has 0 saturated heterocycles. The second-order valence-electron chi connectivity index (χ2n) is 8.29. The van der Waals surface area contributed by atoms with Crippen molar-refractivity contribution in [1.82, 2.24) is 0 Å². The van der Waals surface area contributed by atoms with Crippen LogP contribution in [-0.4, -0.2) is 12.7 Å². The summed E-state index contributed by atoms with van der Waals surface area (Å²) >= 11 is 2.01. The lowest BCUT2D eigenvalue weighted by molar-refractivity contribution is 0.0446. The van der Waals surface area contributed by atoms with Crippen LogP contribution in [0.3, 0.4) is 0 Å². The van der Waals surface area contributed by atoms with Gasteiger partial charge in [-0.1, -0.05) is 51.3 Å². The van der Waals surface area contributed by atoms with E-state index in [0.717, 1.165) is 13.0 Å². The van der Waals surface area contributed by atoms with Crippen molar-refractivity contribution in [2.24, 2.45) is 5.92 Å². The fourth-order valence-electron chi connectivity index (χ4n) is 4.18. The van der Waals surface area contributed by atoms with Crippen LogP contribution in [0.1, 0.15) is 81.5 Å². The Hall–Kier alpha value is -1.12. The Morgan fingerprint density at radius 1 is 1.00 bits per heavy atom. The van der Waals surface area contributed by atoms with Crippen molar-refractivity contribution in [2.45, 2.75) is 85.2 Å². The Labute approximate surface area is 170 Å². The number of ether oxygens (including phenoxy) is 1. The van der Waals surface area contributed by atoms with Gasteiger partial charge in [0.15, 0.2) is 0 Å². The molecule has 0 amide bonds. The number of fused-ring (bicyclic) bond motifs is 1. The van der Waals surface area contributed by atoms with E-state index in [0.29, 0.717) is 12.0 Å². The van der Waals surface area contributed by atoms with E-state index >= 15 is 0 Å². The van der Waals surface area contributed by atoms with Gasteiger partial charge in [0.2, 0.25) is 0 Å². The van der Waals surface area contributed by atoms with Crippen molar-refractivity contribution in [3.05, 3.63) is 50.3 Å². The van der Waals surface area contributed by atoms with Crippen molar-refractivity contribution in [3.8, 4) is 0 Å². The Kier molecular flexibility index (Phi) is 7.55. The average Bonchev–Trinajstić information content (AvgIpc) is 3.08. The van der Waals surface area contributed by atoms with Crippen molar-refractivity contribution in [1.29, 1.82) is 0 Å². The van der Waals surface area contributed by atoms with Crippen LogP contribution in [0.5, 0.6) is 0 Å². The van der Waals surface area contributed by atoms with Gasteiger partial charge in [-0.3, -0.25) is 0 Å². The SMILES string of the molecule is CCCc1cc2c(s1)C=C(C1=CC=C(C(C)COC(C)CCC)CC1)CC2. The van der Waals surface area contributed by atoms with E-state index in [4.69, 9.17) is 4.74 Å². The van der Waals surface area contributed by atoms with E-state index in [2.05, 4.69) is 52.0 Å². The number of aryl methyl sites for hydroxylation is 2. The largest absolute Gasteiger partial charge is 0.378 e. The first-order valence-electron chi connectivity index (χ1n) is 10.9. The summed E-state index contributed by atoms with van der Waals surface area (Å²) in [5.41, 5.74) is 6.26. The zero-order valence-electron chi connectivity index (χ0n) is 17.6. The molecule has 2 aliphatic rings. The van der Waals surface area contributed by atoms with E-state index < -0.39 is 0 Å². The van der Waals surface area contributed by atoms with Crippen LogP contribution in [0.2, 0.25) is 0 Å². The van der Waals surface area contributed by atoms with E-state index in [9.17, 15) is 0 Å². The van der Waals surface area contributed by atoms with E-state index in [1.54, 1.807) is 27.2 Å². The predicted octanol–water partition coefficient (Wildman–Crippen LogP) is 7.52. The summed E-state index contributed by atoms with van der Waals surface area (Å²) in [6.07, 6.45) is 17.3. The van der Waals surface area contributed by atoms with Crippen LogP contribution in [0, 0.1) is 5.92 Å². The van der Waals surface area contributed by atoms with Crippen LogP contribution < -0.4 is 0 Å². The molecule has 27 heavy (non-hydrogen) atoms. The van der Waals surface area contributed by atoms with Crippen LogP contribution in [-0.2, 0) is 17.6 Å². The van der Waals surface area contributed by atoms with E-state index in [1.807, 2.05) is 11.3 Å². The molecular weight excluding hydrogens is 348 g/mol. The standard InChI is InChI=1S/C25H36OS/c1-5-7-19(4)26-17-18(3)20-9-11-21(12-10-20)22-13-14-23-15-24(8-6-2)27-25(23)16-22/h9,11,15-16,18-19H,5-8,10,12-14,17H2,1-4H3. The van der Waals surface area contributed by atoms with Gasteiger partial charge in [-0.15, -0.1) is 11.3 Å². The molecule has 1 aromatic heterocycles. The Bertz CT molecular complexity index is 719. The average molecular weight is 385 g/mol. The summed E-state index contributed by atoms with van der Waals surface area (Å²) in [6.45, 7) is 9.87. The van der Waals surface area contributed by atoms with E-state index in [-0.39, 0.29) is 0 Å². The van der Waals surface area contributed by atoms with Gasteiger partial charge in [0.05, 0.1) is 12.7 Å². The van der Waals surface area contributed by atoms with Crippen molar-refractivity contribution < 1.29 is 4.74 Å². The summed E-state index contributed by atoms with van der Waals surface area (Å²) < 4.78 is 6.03. The number of allylic oxidation sites excluding steroid dienone is 4. The van der Waals surface area contributed by atoms with Crippen molar-refractivity contribution >= 4 is 17.4 Å². The quantitative estimate of drug-likeness (QED) is 0.428. The minimum atomic E-state index is 0.387. The van der Waals surface area contributed by atoms with Crippen molar-refractivity contribution in [2.75, 3.05) is 6.61 Å². The molecule has 0 fully saturated rings. The molecular formula is C25H36OS. The van der Waals surface area contributed by atoms with Crippen LogP contribution in [0.25, 0.3) is 6.08 Å². The van der Waals surface area contributed by atoms with Gasteiger partial charge >= 0.3 is 0 Å². The summed E-state index contributed by atoms with van der Waals surface area (Å²) in [4.78, 5) is 3.08. The highest BCUT2D eigenvalue weighted by Gasteiger charge is 2.19. The lowest BCUT2D eigenvalue weighted by atomic mass is 9.84. The minimum absolute atomic E-state index is 0.387. The van der Waals surface area contributed by atoms with Gasteiger partial charge in [-0.25, -0.2) is 0 Å². The van der Waals surface area contributed by atoms with Crippen LogP contribution >= 0.6 is 11.3 Å². The minimum Gasteiger partial charge on any atom is -0.378 e. The number of hydrogen-bond acceptors (Lipinski definition) is 2. The molecule has 0 spiro atoms. The fourth-order valence-corrected chi connectivity index (χ4v) is 5.46. The molecule has 0 saturated carbocycles. The Balaban J connectivity index is 1.62. The molecule has 0 aromatic carbocycles. The second kappa shape index (κ2) is 9.89. The molecule has 0 bridgehead atoms. The third-order valence-electron chi connectivity index (χ3n) is 5.91. The van der Waals surface area contributed by atoms with Gasteiger partial charge in [0.25, 0.3) is 0 Å². The van der Waals surface area contributed by atoms with Crippen molar-refractivity contribution in [3.63, 3.8) is 0 Å². The molecule has 1 heterocycles. The molecule has 148 valence electrons.